The van der Waals surface area contributed by atoms with E-state index in [2.05, 4.69) is 20.9 Å². The number of benzene rings is 1. The van der Waals surface area contributed by atoms with Gasteiger partial charge in [-0.15, -0.1) is 5.10 Å². The second-order valence-electron chi connectivity index (χ2n) is 6.47. The number of nitro benzene ring substituents is 1. The van der Waals surface area contributed by atoms with E-state index in [0.29, 0.717) is 23.8 Å². The molecule has 1 aromatic carbocycles. The lowest BCUT2D eigenvalue weighted by Crippen LogP contribution is -2.33. The molecule has 0 bridgehead atoms. The van der Waals surface area contributed by atoms with Crippen LogP contribution in [0.15, 0.2) is 24.3 Å². The second-order valence-corrected chi connectivity index (χ2v) is 6.47. The zero-order valence-electron chi connectivity index (χ0n) is 14.6. The number of piperidine rings is 1. The number of nitro groups is 1. The highest BCUT2D eigenvalue weighted by molar-refractivity contribution is 5.93. The summed E-state index contributed by atoms with van der Waals surface area (Å²) in [7, 11) is 0. The second kappa shape index (κ2) is 8.05. The van der Waals surface area contributed by atoms with Gasteiger partial charge in [0.25, 0.3) is 11.6 Å². The van der Waals surface area contributed by atoms with E-state index in [-0.39, 0.29) is 17.3 Å². The molecule has 2 N–H and O–H groups in total. The third kappa shape index (κ3) is 4.05. The van der Waals surface area contributed by atoms with Crippen LogP contribution in [0, 0.1) is 23.0 Å². The number of nitrogens with one attached hydrogen (secondary N) is 2. The smallest absolute Gasteiger partial charge is 0.273 e. The summed E-state index contributed by atoms with van der Waals surface area (Å²) >= 11 is 0. The Balaban J connectivity index is 1.65. The van der Waals surface area contributed by atoms with E-state index in [1.54, 1.807) is 19.1 Å². The highest BCUT2D eigenvalue weighted by Gasteiger charge is 2.19. The van der Waals surface area contributed by atoms with Crippen molar-refractivity contribution >= 4 is 11.6 Å². The maximum atomic E-state index is 12.4. The number of rotatable bonds is 6. The highest BCUT2D eigenvalue weighted by atomic mass is 16.6. The molecule has 1 amide bonds. The molecule has 0 spiro atoms. The SMILES string of the molecule is Cc1c(C(=O)NCCC2CCCNC2)nnn1-c1cccc([N+](=O)[O-])c1. The summed E-state index contributed by atoms with van der Waals surface area (Å²) in [6, 6.07) is 6.07. The third-order valence-corrected chi connectivity index (χ3v) is 4.63. The standard InChI is InChI=1S/C17H22N6O3/c1-12-16(17(24)19-9-7-13-4-3-8-18-11-13)20-21-22(12)14-5-2-6-15(10-14)23(25)26/h2,5-6,10,13,18H,3-4,7-9,11H2,1H3,(H,19,24). The maximum absolute atomic E-state index is 12.4. The molecule has 9 heteroatoms. The largest absolute Gasteiger partial charge is 0.351 e. The molecular formula is C17H22N6O3. The van der Waals surface area contributed by atoms with E-state index in [9.17, 15) is 14.9 Å². The molecular weight excluding hydrogens is 336 g/mol. The van der Waals surface area contributed by atoms with Gasteiger partial charge in [-0.1, -0.05) is 11.3 Å². The van der Waals surface area contributed by atoms with Crippen molar-refractivity contribution in [2.45, 2.75) is 26.2 Å². The Morgan fingerprint density at radius 3 is 3.08 bits per heavy atom. The first-order chi connectivity index (χ1) is 12.6. The van der Waals surface area contributed by atoms with Crippen LogP contribution in [0.3, 0.4) is 0 Å². The minimum absolute atomic E-state index is 0.0375. The fourth-order valence-corrected chi connectivity index (χ4v) is 3.17. The first-order valence-corrected chi connectivity index (χ1v) is 8.72. The van der Waals surface area contributed by atoms with Gasteiger partial charge in [0.2, 0.25) is 0 Å². The number of carbonyl (C=O) groups excluding carboxylic acids is 1. The minimum Gasteiger partial charge on any atom is -0.351 e. The van der Waals surface area contributed by atoms with Crippen LogP contribution in [0.25, 0.3) is 5.69 Å². The van der Waals surface area contributed by atoms with Crippen LogP contribution in [0.2, 0.25) is 0 Å². The van der Waals surface area contributed by atoms with Gasteiger partial charge in [0.1, 0.15) is 0 Å². The number of non-ortho nitro benzene ring substituents is 1. The van der Waals surface area contributed by atoms with Crippen LogP contribution in [-0.4, -0.2) is 45.5 Å². The molecule has 2 heterocycles. The predicted molar refractivity (Wildman–Crippen MR) is 95.3 cm³/mol. The zero-order chi connectivity index (χ0) is 18.5. The highest BCUT2D eigenvalue weighted by Crippen LogP contribution is 2.18. The van der Waals surface area contributed by atoms with Gasteiger partial charge in [-0.05, 0) is 51.3 Å². The van der Waals surface area contributed by atoms with Crippen LogP contribution in [0.4, 0.5) is 5.69 Å². The zero-order valence-corrected chi connectivity index (χ0v) is 14.6. The van der Waals surface area contributed by atoms with E-state index in [1.807, 2.05) is 0 Å². The number of amides is 1. The molecule has 9 nitrogen and oxygen atoms in total. The molecule has 0 aliphatic carbocycles. The lowest BCUT2D eigenvalue weighted by Gasteiger charge is -2.22. The Labute approximate surface area is 150 Å². The molecule has 1 saturated heterocycles. The molecule has 1 atom stereocenters. The molecule has 1 aliphatic rings. The first kappa shape index (κ1) is 18.0. The van der Waals surface area contributed by atoms with Crippen molar-refractivity contribution in [1.29, 1.82) is 0 Å². The summed E-state index contributed by atoms with van der Waals surface area (Å²) in [6.45, 7) is 4.38. The van der Waals surface area contributed by atoms with Gasteiger partial charge in [-0.3, -0.25) is 14.9 Å². The van der Waals surface area contributed by atoms with Crippen LogP contribution in [0.1, 0.15) is 35.4 Å². The van der Waals surface area contributed by atoms with Crippen molar-refractivity contribution in [1.82, 2.24) is 25.6 Å². The van der Waals surface area contributed by atoms with Crippen molar-refractivity contribution in [3.63, 3.8) is 0 Å². The predicted octanol–water partition coefficient (Wildman–Crippen LogP) is 1.60. The molecule has 0 radical (unpaired) electrons. The molecule has 1 aromatic heterocycles. The summed E-state index contributed by atoms with van der Waals surface area (Å²) in [6.07, 6.45) is 3.29. The molecule has 2 aromatic rings. The van der Waals surface area contributed by atoms with Crippen molar-refractivity contribution in [3.05, 3.63) is 45.8 Å². The summed E-state index contributed by atoms with van der Waals surface area (Å²) < 4.78 is 1.44. The van der Waals surface area contributed by atoms with Gasteiger partial charge in [0.15, 0.2) is 5.69 Å². The lowest BCUT2D eigenvalue weighted by atomic mass is 9.96. The fourth-order valence-electron chi connectivity index (χ4n) is 3.17. The Bertz CT molecular complexity index is 798. The Kier molecular flexibility index (Phi) is 5.57. The summed E-state index contributed by atoms with van der Waals surface area (Å²) in [5.41, 5.74) is 1.24. The third-order valence-electron chi connectivity index (χ3n) is 4.63. The quantitative estimate of drug-likeness (QED) is 0.599. The number of nitrogens with zero attached hydrogens (tertiary/aromatic N) is 4. The maximum Gasteiger partial charge on any atom is 0.273 e. The number of hydrogen-bond donors (Lipinski definition) is 2. The van der Waals surface area contributed by atoms with E-state index in [1.165, 1.54) is 29.7 Å². The van der Waals surface area contributed by atoms with E-state index in [4.69, 9.17) is 0 Å². The lowest BCUT2D eigenvalue weighted by molar-refractivity contribution is -0.384. The van der Waals surface area contributed by atoms with Crippen LogP contribution in [-0.2, 0) is 0 Å². The van der Waals surface area contributed by atoms with Crippen LogP contribution >= 0.6 is 0 Å². The van der Waals surface area contributed by atoms with Crippen molar-refractivity contribution < 1.29 is 9.72 Å². The minimum atomic E-state index is -0.469. The van der Waals surface area contributed by atoms with Gasteiger partial charge in [0.05, 0.1) is 16.3 Å². The van der Waals surface area contributed by atoms with Crippen molar-refractivity contribution in [2.24, 2.45) is 5.92 Å². The summed E-state index contributed by atoms with van der Waals surface area (Å²) in [4.78, 5) is 22.8. The number of carbonyl (C=O) groups is 1. The molecule has 138 valence electrons. The van der Waals surface area contributed by atoms with E-state index < -0.39 is 4.92 Å². The van der Waals surface area contributed by atoms with Crippen molar-refractivity contribution in [3.8, 4) is 5.69 Å². The van der Waals surface area contributed by atoms with E-state index in [0.717, 1.165) is 19.5 Å². The van der Waals surface area contributed by atoms with Crippen LogP contribution in [0.5, 0.6) is 0 Å². The van der Waals surface area contributed by atoms with Gasteiger partial charge < -0.3 is 10.6 Å². The van der Waals surface area contributed by atoms with Gasteiger partial charge in [-0.25, -0.2) is 4.68 Å². The number of hydrogen-bond acceptors (Lipinski definition) is 6. The molecule has 1 unspecified atom stereocenters. The summed E-state index contributed by atoms with van der Waals surface area (Å²) in [5.74, 6) is 0.314. The molecule has 1 fully saturated rings. The topological polar surface area (TPSA) is 115 Å². The number of aromatic nitrogens is 3. The molecule has 0 saturated carbocycles. The van der Waals surface area contributed by atoms with Crippen LogP contribution < -0.4 is 10.6 Å². The molecule has 26 heavy (non-hydrogen) atoms. The van der Waals surface area contributed by atoms with Gasteiger partial charge >= 0.3 is 0 Å². The van der Waals surface area contributed by atoms with Gasteiger partial charge in [-0.2, -0.15) is 0 Å². The molecule has 3 rings (SSSR count). The first-order valence-electron chi connectivity index (χ1n) is 8.72. The fraction of sp³-hybridized carbons (Fsp3) is 0.471. The Morgan fingerprint density at radius 1 is 1.50 bits per heavy atom. The average Bonchev–Trinajstić information content (AvgIpc) is 3.04. The normalized spacial score (nSPS) is 17.0. The van der Waals surface area contributed by atoms with Gasteiger partial charge in [0, 0.05) is 18.7 Å². The van der Waals surface area contributed by atoms with E-state index >= 15 is 0 Å². The Morgan fingerprint density at radius 2 is 2.35 bits per heavy atom. The molecule has 1 aliphatic heterocycles. The summed E-state index contributed by atoms with van der Waals surface area (Å²) in [5, 5.41) is 25.1. The average molecular weight is 358 g/mol. The monoisotopic (exact) mass is 358 g/mol. The van der Waals surface area contributed by atoms with Crippen molar-refractivity contribution in [2.75, 3.05) is 19.6 Å². The Hall–Kier alpha value is -2.81.